The van der Waals surface area contributed by atoms with Crippen molar-refractivity contribution in [2.45, 2.75) is 58.3 Å². The number of rotatable bonds is 4. The Hall–Kier alpha value is -0.490. The molecule has 1 aliphatic rings. The van der Waals surface area contributed by atoms with Gasteiger partial charge in [0, 0.05) is 0 Å². The van der Waals surface area contributed by atoms with Crippen LogP contribution >= 0.6 is 11.6 Å². The van der Waals surface area contributed by atoms with Crippen LogP contribution in [0.4, 0.5) is 0 Å². The second-order valence-electron chi connectivity index (χ2n) is 6.76. The van der Waals surface area contributed by atoms with Crippen LogP contribution in [0.3, 0.4) is 0 Å². The van der Waals surface area contributed by atoms with Gasteiger partial charge in [-0.2, -0.15) is 0 Å². The van der Waals surface area contributed by atoms with Crippen LogP contribution in [0.1, 0.15) is 63.0 Å². The molecule has 1 fully saturated rings. The summed E-state index contributed by atoms with van der Waals surface area (Å²) in [5, 5.41) is 0.209. The molecule has 0 N–H and O–H groups in total. The lowest BCUT2D eigenvalue weighted by Gasteiger charge is -2.29. The quantitative estimate of drug-likeness (QED) is 0.593. The molecule has 1 aliphatic carbocycles. The van der Waals surface area contributed by atoms with Crippen LogP contribution in [0.5, 0.6) is 0 Å². The van der Waals surface area contributed by atoms with E-state index < -0.39 is 0 Å². The molecular weight excluding hydrogens is 252 g/mol. The van der Waals surface area contributed by atoms with Gasteiger partial charge in [-0.3, -0.25) is 0 Å². The molecule has 0 aliphatic heterocycles. The largest absolute Gasteiger partial charge is 0.118 e. The molecule has 2 rings (SSSR count). The molecule has 0 heterocycles. The highest BCUT2D eigenvalue weighted by atomic mass is 35.5. The van der Waals surface area contributed by atoms with Gasteiger partial charge in [-0.05, 0) is 48.1 Å². The van der Waals surface area contributed by atoms with Gasteiger partial charge in [0.25, 0.3) is 0 Å². The number of alkyl halides is 1. The first kappa shape index (κ1) is 14.9. The predicted molar refractivity (Wildman–Crippen MR) is 84.7 cm³/mol. The van der Waals surface area contributed by atoms with Gasteiger partial charge in [-0.25, -0.2) is 0 Å². The maximum Gasteiger partial charge on any atom is 0.0613 e. The third kappa shape index (κ3) is 4.24. The van der Waals surface area contributed by atoms with Crippen molar-refractivity contribution in [3.8, 4) is 0 Å². The number of halogens is 1. The molecule has 1 aromatic rings. The summed E-state index contributed by atoms with van der Waals surface area (Å²) in [4.78, 5) is 0. The van der Waals surface area contributed by atoms with E-state index in [-0.39, 0.29) is 5.38 Å². The molecule has 1 atom stereocenters. The zero-order valence-corrected chi connectivity index (χ0v) is 13.3. The summed E-state index contributed by atoms with van der Waals surface area (Å²) in [6, 6.07) is 9.01. The van der Waals surface area contributed by atoms with Crippen molar-refractivity contribution < 1.29 is 0 Å². The minimum absolute atomic E-state index is 0.209. The topological polar surface area (TPSA) is 0 Å². The molecule has 0 radical (unpaired) electrons. The average molecular weight is 279 g/mol. The molecule has 0 bridgehead atoms. The van der Waals surface area contributed by atoms with Gasteiger partial charge in [-0.15, -0.1) is 11.6 Å². The van der Waals surface area contributed by atoms with Crippen LogP contribution in [-0.2, 0) is 6.42 Å². The van der Waals surface area contributed by atoms with E-state index in [1.807, 2.05) is 0 Å². The van der Waals surface area contributed by atoms with Gasteiger partial charge >= 0.3 is 0 Å². The van der Waals surface area contributed by atoms with E-state index in [2.05, 4.69) is 45.0 Å². The lowest BCUT2D eigenvalue weighted by atomic mass is 9.80. The van der Waals surface area contributed by atoms with E-state index in [0.717, 1.165) is 18.3 Å². The van der Waals surface area contributed by atoms with E-state index in [0.29, 0.717) is 5.92 Å². The summed E-state index contributed by atoms with van der Waals surface area (Å²) in [6.07, 6.45) is 6.44. The first-order valence-electron chi connectivity index (χ1n) is 7.79. The van der Waals surface area contributed by atoms with Crippen LogP contribution in [-0.4, -0.2) is 0 Å². The Morgan fingerprint density at radius 1 is 1.05 bits per heavy atom. The Morgan fingerprint density at radius 2 is 1.63 bits per heavy atom. The molecular formula is C18H27Cl. The summed E-state index contributed by atoms with van der Waals surface area (Å²) in [6.45, 7) is 6.89. The molecule has 1 unspecified atom stereocenters. The highest BCUT2D eigenvalue weighted by Gasteiger charge is 2.25. The summed E-state index contributed by atoms with van der Waals surface area (Å²) < 4.78 is 0. The van der Waals surface area contributed by atoms with E-state index in [1.165, 1.54) is 36.8 Å². The van der Waals surface area contributed by atoms with E-state index in [9.17, 15) is 0 Å². The lowest BCUT2D eigenvalue weighted by molar-refractivity contribution is 0.283. The van der Waals surface area contributed by atoms with Gasteiger partial charge in [0.2, 0.25) is 0 Å². The lowest BCUT2D eigenvalue weighted by Crippen LogP contribution is -2.16. The number of hydrogen-bond acceptors (Lipinski definition) is 0. The summed E-state index contributed by atoms with van der Waals surface area (Å²) in [5.41, 5.74) is 2.74. The van der Waals surface area contributed by atoms with Gasteiger partial charge < -0.3 is 0 Å². The predicted octanol–water partition coefficient (Wildman–Crippen LogP) is 5.99. The fourth-order valence-electron chi connectivity index (χ4n) is 3.16. The summed E-state index contributed by atoms with van der Waals surface area (Å²) in [7, 11) is 0. The average Bonchev–Trinajstić information content (AvgIpc) is 2.39. The van der Waals surface area contributed by atoms with Gasteiger partial charge in [0.1, 0.15) is 0 Å². The SMILES string of the molecule is CC(C)Cc1ccc(C(Cl)C2CCC(C)CC2)cc1. The van der Waals surface area contributed by atoms with Crippen molar-refractivity contribution in [3.63, 3.8) is 0 Å². The normalized spacial score (nSPS) is 25.5. The van der Waals surface area contributed by atoms with Crippen molar-refractivity contribution in [1.29, 1.82) is 0 Å². The molecule has 0 amide bonds. The van der Waals surface area contributed by atoms with Crippen molar-refractivity contribution in [1.82, 2.24) is 0 Å². The van der Waals surface area contributed by atoms with Crippen molar-refractivity contribution in [2.24, 2.45) is 17.8 Å². The molecule has 1 heteroatoms. The Bertz CT molecular complexity index is 371. The molecule has 106 valence electrons. The first-order valence-corrected chi connectivity index (χ1v) is 8.22. The Morgan fingerprint density at radius 3 is 2.16 bits per heavy atom. The highest BCUT2D eigenvalue weighted by Crippen LogP contribution is 2.40. The van der Waals surface area contributed by atoms with E-state index >= 15 is 0 Å². The zero-order valence-electron chi connectivity index (χ0n) is 12.5. The van der Waals surface area contributed by atoms with Crippen LogP contribution in [0, 0.1) is 17.8 Å². The fourth-order valence-corrected chi connectivity index (χ4v) is 3.56. The van der Waals surface area contributed by atoms with Crippen LogP contribution in [0.15, 0.2) is 24.3 Å². The Kier molecular flexibility index (Phi) is 5.33. The Labute approximate surface area is 123 Å². The van der Waals surface area contributed by atoms with Crippen LogP contribution < -0.4 is 0 Å². The monoisotopic (exact) mass is 278 g/mol. The third-order valence-corrected chi connectivity index (χ3v) is 5.02. The molecule has 19 heavy (non-hydrogen) atoms. The summed E-state index contributed by atoms with van der Waals surface area (Å²) >= 11 is 6.69. The van der Waals surface area contributed by atoms with Crippen molar-refractivity contribution in [3.05, 3.63) is 35.4 Å². The molecule has 1 saturated carbocycles. The minimum atomic E-state index is 0.209. The van der Waals surface area contributed by atoms with E-state index in [4.69, 9.17) is 11.6 Å². The third-order valence-electron chi connectivity index (χ3n) is 4.42. The zero-order chi connectivity index (χ0) is 13.8. The van der Waals surface area contributed by atoms with Crippen LogP contribution in [0.2, 0.25) is 0 Å². The molecule has 0 aromatic heterocycles. The molecule has 0 saturated heterocycles. The molecule has 0 nitrogen and oxygen atoms in total. The first-order chi connectivity index (χ1) is 9.06. The van der Waals surface area contributed by atoms with Gasteiger partial charge in [-0.1, -0.05) is 57.9 Å². The standard InChI is InChI=1S/C18H27Cl/c1-13(2)12-15-6-10-17(11-7-15)18(19)16-8-4-14(3)5-9-16/h6-7,10-11,13-14,16,18H,4-5,8-9,12H2,1-3H3. The van der Waals surface area contributed by atoms with Crippen molar-refractivity contribution >= 4 is 11.6 Å². The highest BCUT2D eigenvalue weighted by molar-refractivity contribution is 6.21. The minimum Gasteiger partial charge on any atom is -0.118 e. The number of hydrogen-bond donors (Lipinski definition) is 0. The van der Waals surface area contributed by atoms with Crippen molar-refractivity contribution in [2.75, 3.05) is 0 Å². The summed E-state index contributed by atoms with van der Waals surface area (Å²) in [5.74, 6) is 2.29. The molecule has 0 spiro atoms. The van der Waals surface area contributed by atoms with Crippen LogP contribution in [0.25, 0.3) is 0 Å². The fraction of sp³-hybridized carbons (Fsp3) is 0.667. The smallest absolute Gasteiger partial charge is 0.0613 e. The van der Waals surface area contributed by atoms with Gasteiger partial charge in [0.05, 0.1) is 5.38 Å². The molecule has 1 aromatic carbocycles. The van der Waals surface area contributed by atoms with Gasteiger partial charge in [0.15, 0.2) is 0 Å². The maximum atomic E-state index is 6.69. The maximum absolute atomic E-state index is 6.69. The number of benzene rings is 1. The second kappa shape index (κ2) is 6.79. The Balaban J connectivity index is 1.97. The second-order valence-corrected chi connectivity index (χ2v) is 7.23. The van der Waals surface area contributed by atoms with E-state index in [1.54, 1.807) is 0 Å².